The van der Waals surface area contributed by atoms with E-state index in [-0.39, 0.29) is 5.92 Å². The number of hydrogen-bond donors (Lipinski definition) is 2. The molecular weight excluding hydrogens is 330 g/mol. The summed E-state index contributed by atoms with van der Waals surface area (Å²) in [7, 11) is 0. The maximum atomic E-state index is 7.83. The van der Waals surface area contributed by atoms with Gasteiger partial charge < -0.3 is 5.32 Å². The molecule has 8 nitrogen and oxygen atoms in total. The number of fused-ring (bicyclic) bond motifs is 2. The number of nitrogens with zero attached hydrogens (tertiary/aromatic N) is 5. The number of rotatable bonds is 2. The zero-order chi connectivity index (χ0) is 17.5. The number of hydrogen-bond acceptors (Lipinski definition) is 6. The van der Waals surface area contributed by atoms with Crippen LogP contribution in [-0.2, 0) is 0 Å². The fourth-order valence-electron chi connectivity index (χ4n) is 3.30. The Labute approximate surface area is 147 Å². The van der Waals surface area contributed by atoms with Crippen molar-refractivity contribution in [2.45, 2.75) is 5.92 Å². The number of anilines is 1. The summed E-state index contributed by atoms with van der Waals surface area (Å²) in [6.45, 7) is 7.83. The molecule has 124 valence electrons. The van der Waals surface area contributed by atoms with Crippen LogP contribution in [0.15, 0.2) is 59.1 Å². The first-order chi connectivity index (χ1) is 12.9. The monoisotopic (exact) mass is 341 g/mol. The van der Waals surface area contributed by atoms with E-state index in [1.807, 2.05) is 36.4 Å². The molecule has 0 amide bonds. The Morgan fingerprint density at radius 3 is 2.88 bits per heavy atom. The van der Waals surface area contributed by atoms with Gasteiger partial charge in [0.05, 0.1) is 30.1 Å². The molecule has 3 aromatic heterocycles. The Kier molecular flexibility index (Phi) is 3.05. The van der Waals surface area contributed by atoms with E-state index in [4.69, 9.17) is 11.2 Å². The summed E-state index contributed by atoms with van der Waals surface area (Å²) in [5.74, 6) is 0.381. The van der Waals surface area contributed by atoms with Gasteiger partial charge in [0.25, 0.3) is 0 Å². The summed E-state index contributed by atoms with van der Waals surface area (Å²) in [4.78, 5) is 8.23. The lowest BCUT2D eigenvalue weighted by molar-refractivity contribution is 0.315. The molecule has 1 aliphatic heterocycles. The summed E-state index contributed by atoms with van der Waals surface area (Å²) in [5, 5.41) is 18.3. The number of benzene rings is 1. The highest BCUT2D eigenvalue weighted by atomic mass is 16.6. The Bertz CT molecular complexity index is 1180. The summed E-state index contributed by atoms with van der Waals surface area (Å²) in [6, 6.07) is 11.2. The molecule has 1 unspecified atom stereocenters. The molecular formula is C18H11N7O. The van der Waals surface area contributed by atoms with E-state index < -0.39 is 0 Å². The first kappa shape index (κ1) is 14.4. The number of aromatic nitrogens is 5. The van der Waals surface area contributed by atoms with Gasteiger partial charge in [-0.3, -0.25) is 10.1 Å². The highest BCUT2D eigenvalue weighted by Crippen LogP contribution is 2.45. The number of H-pyrrole nitrogens is 1. The molecule has 4 aromatic rings. The van der Waals surface area contributed by atoms with E-state index >= 15 is 0 Å². The van der Waals surface area contributed by atoms with Crippen LogP contribution in [0.5, 0.6) is 0 Å². The molecule has 0 radical (unpaired) electrons. The van der Waals surface area contributed by atoms with Crippen molar-refractivity contribution >= 4 is 22.5 Å². The number of allylic oxidation sites excluding steroid dienone is 1. The predicted molar refractivity (Wildman–Crippen MR) is 93.6 cm³/mol. The summed E-state index contributed by atoms with van der Waals surface area (Å²) >= 11 is 0. The van der Waals surface area contributed by atoms with Gasteiger partial charge in [-0.25, -0.2) is 9.47 Å². The SMILES string of the molecule is [C-]#[N+]C1=C(c2ccccn2)Nc2[nH]ncc2C1c1cccc2nonc12. The van der Waals surface area contributed by atoms with Crippen LogP contribution in [0.1, 0.15) is 22.7 Å². The van der Waals surface area contributed by atoms with Gasteiger partial charge in [-0.05, 0) is 34.1 Å². The van der Waals surface area contributed by atoms with Gasteiger partial charge in [-0.2, -0.15) is 5.10 Å². The van der Waals surface area contributed by atoms with Gasteiger partial charge >= 0.3 is 0 Å². The van der Waals surface area contributed by atoms with E-state index in [9.17, 15) is 0 Å². The van der Waals surface area contributed by atoms with Crippen LogP contribution in [0.25, 0.3) is 21.6 Å². The standard InChI is InChI=1S/C18H11N7O/c1-19-17-14(10-5-4-7-13-15(10)25-26-24-13)11-9-21-23-18(11)22-16(17)12-6-2-3-8-20-12/h2-9,14H,(H2,21,22,23). The second kappa shape index (κ2) is 5.53. The molecule has 4 heterocycles. The quantitative estimate of drug-likeness (QED) is 0.544. The first-order valence-electron chi connectivity index (χ1n) is 7.91. The van der Waals surface area contributed by atoms with Crippen molar-refractivity contribution in [2.75, 3.05) is 5.32 Å². The van der Waals surface area contributed by atoms with Gasteiger partial charge in [-0.15, -0.1) is 0 Å². The number of aromatic amines is 1. The highest BCUT2D eigenvalue weighted by Gasteiger charge is 2.34. The minimum absolute atomic E-state index is 0.352. The van der Waals surface area contributed by atoms with Gasteiger partial charge in [0, 0.05) is 11.8 Å². The third kappa shape index (κ3) is 2.01. The smallest absolute Gasteiger partial charge is 0.202 e. The fourth-order valence-corrected chi connectivity index (χ4v) is 3.30. The van der Waals surface area contributed by atoms with Crippen LogP contribution in [-0.4, -0.2) is 25.5 Å². The molecule has 5 rings (SSSR count). The Balaban J connectivity index is 1.81. The average Bonchev–Trinajstić information content (AvgIpc) is 3.36. The Morgan fingerprint density at radius 1 is 1.08 bits per heavy atom. The van der Waals surface area contributed by atoms with E-state index in [2.05, 4.69) is 35.7 Å². The van der Waals surface area contributed by atoms with Crippen molar-refractivity contribution in [3.05, 3.63) is 82.7 Å². The lowest BCUT2D eigenvalue weighted by Crippen LogP contribution is -2.17. The number of nitrogens with one attached hydrogen (secondary N) is 2. The van der Waals surface area contributed by atoms with E-state index in [1.165, 1.54) is 0 Å². The van der Waals surface area contributed by atoms with Gasteiger partial charge in [0.1, 0.15) is 16.9 Å². The Hall–Kier alpha value is -3.99. The second-order valence-corrected chi connectivity index (χ2v) is 5.82. The van der Waals surface area contributed by atoms with Crippen molar-refractivity contribution in [3.8, 4) is 0 Å². The summed E-state index contributed by atoms with van der Waals surface area (Å²) in [5.41, 5.74) is 4.85. The van der Waals surface area contributed by atoms with Crippen molar-refractivity contribution < 1.29 is 4.63 Å². The lowest BCUT2D eigenvalue weighted by atomic mass is 9.85. The molecule has 1 atom stereocenters. The first-order valence-corrected chi connectivity index (χ1v) is 7.91. The lowest BCUT2D eigenvalue weighted by Gasteiger charge is -2.25. The zero-order valence-electron chi connectivity index (χ0n) is 13.3. The molecule has 0 aliphatic carbocycles. The van der Waals surface area contributed by atoms with E-state index in [0.717, 1.165) is 16.9 Å². The van der Waals surface area contributed by atoms with Crippen LogP contribution >= 0.6 is 0 Å². The highest BCUT2D eigenvalue weighted by molar-refractivity contribution is 5.87. The molecule has 8 heteroatoms. The molecule has 26 heavy (non-hydrogen) atoms. The van der Waals surface area contributed by atoms with Gasteiger partial charge in [0.15, 0.2) is 0 Å². The maximum Gasteiger partial charge on any atom is 0.202 e. The number of pyridine rings is 1. The third-order valence-corrected chi connectivity index (χ3v) is 4.43. The fraction of sp³-hybridized carbons (Fsp3) is 0.0556. The normalized spacial score (nSPS) is 16.2. The topological polar surface area (TPSA) is 96.9 Å². The average molecular weight is 341 g/mol. The molecule has 1 aromatic carbocycles. The molecule has 2 N–H and O–H groups in total. The zero-order valence-corrected chi connectivity index (χ0v) is 13.3. The Morgan fingerprint density at radius 2 is 2.04 bits per heavy atom. The largest absolute Gasteiger partial charge is 0.348 e. The molecule has 0 saturated heterocycles. The third-order valence-electron chi connectivity index (χ3n) is 4.43. The van der Waals surface area contributed by atoms with E-state index in [1.54, 1.807) is 12.4 Å². The van der Waals surface area contributed by atoms with Crippen molar-refractivity contribution in [3.63, 3.8) is 0 Å². The second-order valence-electron chi connectivity index (χ2n) is 5.82. The molecule has 0 spiro atoms. The van der Waals surface area contributed by atoms with Crippen molar-refractivity contribution in [2.24, 2.45) is 0 Å². The summed E-state index contributed by atoms with van der Waals surface area (Å²) in [6.07, 6.45) is 3.42. The van der Waals surface area contributed by atoms with Crippen molar-refractivity contribution in [1.29, 1.82) is 0 Å². The summed E-state index contributed by atoms with van der Waals surface area (Å²) < 4.78 is 4.90. The maximum absolute atomic E-state index is 7.83. The van der Waals surface area contributed by atoms with Crippen LogP contribution in [0.2, 0.25) is 0 Å². The molecule has 1 aliphatic rings. The minimum atomic E-state index is -0.352. The van der Waals surface area contributed by atoms with Crippen molar-refractivity contribution in [1.82, 2.24) is 25.5 Å². The van der Waals surface area contributed by atoms with Crippen LogP contribution < -0.4 is 5.32 Å². The predicted octanol–water partition coefficient (Wildman–Crippen LogP) is 3.19. The van der Waals surface area contributed by atoms with Crippen LogP contribution in [0.4, 0.5) is 5.82 Å². The minimum Gasteiger partial charge on any atom is -0.348 e. The van der Waals surface area contributed by atoms with E-state index in [0.29, 0.717) is 28.1 Å². The molecule has 0 bridgehead atoms. The van der Waals surface area contributed by atoms with Gasteiger partial charge in [0.2, 0.25) is 5.70 Å². The van der Waals surface area contributed by atoms with Crippen LogP contribution in [0, 0.1) is 6.57 Å². The molecule has 0 fully saturated rings. The molecule has 0 saturated carbocycles. The van der Waals surface area contributed by atoms with Crippen LogP contribution in [0.3, 0.4) is 0 Å². The van der Waals surface area contributed by atoms with Gasteiger partial charge in [-0.1, -0.05) is 18.2 Å².